The third kappa shape index (κ3) is 6.75. The minimum absolute atomic E-state index is 0.234. The topological polar surface area (TPSA) is 106 Å². The molecule has 0 aliphatic heterocycles. The third-order valence-corrected chi connectivity index (χ3v) is 4.89. The van der Waals surface area contributed by atoms with Crippen LogP contribution in [-0.4, -0.2) is 31.1 Å². The molecule has 8 nitrogen and oxygen atoms in total. The maximum absolute atomic E-state index is 12.3. The summed E-state index contributed by atoms with van der Waals surface area (Å²) in [6.45, 7) is 1.93. The van der Waals surface area contributed by atoms with Crippen LogP contribution < -0.4 is 20.2 Å². The number of nitrogens with one attached hydrogen (secondary N) is 2. The number of carbonyl (C=O) groups is 3. The highest BCUT2D eigenvalue weighted by atomic mass is 79.9. The Balaban J connectivity index is 1.59. The number of halogens is 1. The number of hydrazone groups is 1. The molecule has 3 aromatic rings. The molecule has 2 amide bonds. The second-order valence-corrected chi connectivity index (χ2v) is 7.74. The second kappa shape index (κ2) is 11.1. The monoisotopic (exact) mass is 509 g/mol. The molecule has 2 N–H and O–H groups in total. The average Bonchev–Trinajstić information content (AvgIpc) is 2.81. The Morgan fingerprint density at radius 1 is 0.909 bits per heavy atom. The van der Waals surface area contributed by atoms with Crippen molar-refractivity contribution in [3.8, 4) is 11.5 Å². The predicted molar refractivity (Wildman–Crippen MR) is 128 cm³/mol. The molecule has 0 aromatic heterocycles. The first-order valence-corrected chi connectivity index (χ1v) is 10.5. The molecule has 3 aromatic carbocycles. The van der Waals surface area contributed by atoms with Gasteiger partial charge in [-0.25, -0.2) is 10.2 Å². The number of hydrogen-bond acceptors (Lipinski definition) is 6. The van der Waals surface area contributed by atoms with Gasteiger partial charge in [0.1, 0.15) is 0 Å². The molecule has 0 atom stereocenters. The SMILES string of the molecule is COc1cc(/C=N/NC(=O)C(=O)Nc2ccc(Br)cc2)ccc1OC(=O)c1ccc(C)cc1. The summed E-state index contributed by atoms with van der Waals surface area (Å²) in [6, 6.07) is 18.5. The first-order valence-electron chi connectivity index (χ1n) is 9.72. The van der Waals surface area contributed by atoms with Gasteiger partial charge in [-0.3, -0.25) is 9.59 Å². The maximum atomic E-state index is 12.3. The molecule has 0 aliphatic carbocycles. The molecule has 3 rings (SSSR count). The summed E-state index contributed by atoms with van der Waals surface area (Å²) in [4.78, 5) is 36.2. The standard InChI is InChI=1S/C24H20BrN3O5/c1-15-3-6-17(7-4-15)24(31)33-20-12-5-16(13-21(20)32-2)14-26-28-23(30)22(29)27-19-10-8-18(25)9-11-19/h3-14H,1-2H3,(H,27,29)(H,28,30)/b26-14+. The number of hydrogen-bond donors (Lipinski definition) is 2. The van der Waals surface area contributed by atoms with Crippen molar-refractivity contribution in [2.75, 3.05) is 12.4 Å². The van der Waals surface area contributed by atoms with Gasteiger partial charge in [-0.1, -0.05) is 33.6 Å². The highest BCUT2D eigenvalue weighted by Crippen LogP contribution is 2.28. The van der Waals surface area contributed by atoms with Crippen molar-refractivity contribution in [2.45, 2.75) is 6.92 Å². The minimum atomic E-state index is -0.926. The highest BCUT2D eigenvalue weighted by molar-refractivity contribution is 9.10. The van der Waals surface area contributed by atoms with E-state index < -0.39 is 17.8 Å². The Bertz CT molecular complexity index is 1190. The van der Waals surface area contributed by atoms with E-state index in [0.29, 0.717) is 22.6 Å². The van der Waals surface area contributed by atoms with Gasteiger partial charge in [-0.15, -0.1) is 0 Å². The molecule has 0 saturated carbocycles. The number of anilines is 1. The van der Waals surface area contributed by atoms with E-state index in [2.05, 4.69) is 31.8 Å². The molecule has 0 aliphatic rings. The number of amides is 2. The van der Waals surface area contributed by atoms with Crippen LogP contribution >= 0.6 is 15.9 Å². The van der Waals surface area contributed by atoms with Crippen LogP contribution in [0, 0.1) is 6.92 Å². The van der Waals surface area contributed by atoms with Crippen LogP contribution in [-0.2, 0) is 9.59 Å². The zero-order valence-electron chi connectivity index (χ0n) is 17.8. The lowest BCUT2D eigenvalue weighted by Gasteiger charge is -2.10. The molecule has 9 heteroatoms. The van der Waals surface area contributed by atoms with Crippen molar-refractivity contribution in [1.29, 1.82) is 0 Å². The van der Waals surface area contributed by atoms with Crippen LogP contribution in [0.5, 0.6) is 11.5 Å². The van der Waals surface area contributed by atoms with E-state index in [1.54, 1.807) is 54.6 Å². The van der Waals surface area contributed by atoms with E-state index >= 15 is 0 Å². The zero-order chi connectivity index (χ0) is 23.8. The van der Waals surface area contributed by atoms with Crippen LogP contribution in [0.25, 0.3) is 0 Å². The van der Waals surface area contributed by atoms with E-state index in [0.717, 1.165) is 10.0 Å². The summed E-state index contributed by atoms with van der Waals surface area (Å²) in [6.07, 6.45) is 1.33. The van der Waals surface area contributed by atoms with Gasteiger partial charge in [0.05, 0.1) is 18.9 Å². The van der Waals surface area contributed by atoms with Crippen LogP contribution in [0.1, 0.15) is 21.5 Å². The summed E-state index contributed by atoms with van der Waals surface area (Å²) in [5.74, 6) is -1.76. The van der Waals surface area contributed by atoms with Gasteiger partial charge >= 0.3 is 17.8 Å². The fourth-order valence-corrected chi connectivity index (χ4v) is 2.90. The average molecular weight is 510 g/mol. The molecule has 0 bridgehead atoms. The van der Waals surface area contributed by atoms with Gasteiger partial charge in [-0.2, -0.15) is 5.10 Å². The van der Waals surface area contributed by atoms with Crippen molar-refractivity contribution in [3.05, 3.63) is 87.9 Å². The number of benzene rings is 3. The number of ether oxygens (including phenoxy) is 2. The van der Waals surface area contributed by atoms with E-state index in [-0.39, 0.29) is 5.75 Å². The Morgan fingerprint density at radius 2 is 1.61 bits per heavy atom. The number of carbonyl (C=O) groups excluding carboxylic acids is 3. The van der Waals surface area contributed by atoms with E-state index in [9.17, 15) is 14.4 Å². The molecule has 0 radical (unpaired) electrons. The summed E-state index contributed by atoms with van der Waals surface area (Å²) in [5, 5.41) is 6.25. The Hall–Kier alpha value is -3.98. The van der Waals surface area contributed by atoms with Crippen molar-refractivity contribution >= 4 is 45.6 Å². The van der Waals surface area contributed by atoms with Crippen molar-refractivity contribution in [2.24, 2.45) is 5.10 Å². The zero-order valence-corrected chi connectivity index (χ0v) is 19.4. The van der Waals surface area contributed by atoms with Gasteiger partial charge in [0.2, 0.25) is 0 Å². The van der Waals surface area contributed by atoms with E-state index in [4.69, 9.17) is 9.47 Å². The fourth-order valence-electron chi connectivity index (χ4n) is 2.63. The number of methoxy groups -OCH3 is 1. The number of aryl methyl sites for hydroxylation is 1. The van der Waals surface area contributed by atoms with Crippen molar-refractivity contribution in [1.82, 2.24) is 5.43 Å². The summed E-state index contributed by atoms with van der Waals surface area (Å²) in [5.41, 5.74) is 4.63. The Labute approximate surface area is 198 Å². The summed E-state index contributed by atoms with van der Waals surface area (Å²) >= 11 is 3.29. The largest absolute Gasteiger partial charge is 0.493 e. The quantitative estimate of drug-likeness (QED) is 0.171. The molecule has 168 valence electrons. The first kappa shape index (κ1) is 23.7. The van der Waals surface area contributed by atoms with Gasteiger partial charge in [0.25, 0.3) is 0 Å². The lowest BCUT2D eigenvalue weighted by atomic mass is 10.1. The van der Waals surface area contributed by atoms with Gasteiger partial charge in [-0.05, 0) is 67.1 Å². The smallest absolute Gasteiger partial charge is 0.343 e. The Kier molecular flexibility index (Phi) is 7.93. The third-order valence-electron chi connectivity index (χ3n) is 4.37. The normalized spacial score (nSPS) is 10.5. The van der Waals surface area contributed by atoms with E-state index in [1.807, 2.05) is 19.1 Å². The Morgan fingerprint density at radius 3 is 2.27 bits per heavy atom. The second-order valence-electron chi connectivity index (χ2n) is 6.83. The summed E-state index contributed by atoms with van der Waals surface area (Å²) < 4.78 is 11.6. The molecule has 0 heterocycles. The molecular weight excluding hydrogens is 490 g/mol. The highest BCUT2D eigenvalue weighted by Gasteiger charge is 2.14. The van der Waals surface area contributed by atoms with Crippen LogP contribution in [0.15, 0.2) is 76.3 Å². The van der Waals surface area contributed by atoms with Crippen LogP contribution in [0.3, 0.4) is 0 Å². The molecule has 0 spiro atoms. The van der Waals surface area contributed by atoms with Crippen molar-refractivity contribution in [3.63, 3.8) is 0 Å². The molecule has 0 unspecified atom stereocenters. The lowest BCUT2D eigenvalue weighted by Crippen LogP contribution is -2.32. The van der Waals surface area contributed by atoms with Crippen LogP contribution in [0.4, 0.5) is 5.69 Å². The number of esters is 1. The predicted octanol–water partition coefficient (Wildman–Crippen LogP) is 4.07. The number of nitrogens with zero attached hydrogens (tertiary/aromatic N) is 1. The van der Waals surface area contributed by atoms with E-state index in [1.165, 1.54) is 13.3 Å². The first-order chi connectivity index (χ1) is 15.9. The fraction of sp³-hybridized carbons (Fsp3) is 0.0833. The molecule has 33 heavy (non-hydrogen) atoms. The van der Waals surface area contributed by atoms with Crippen LogP contribution in [0.2, 0.25) is 0 Å². The summed E-state index contributed by atoms with van der Waals surface area (Å²) in [7, 11) is 1.44. The minimum Gasteiger partial charge on any atom is -0.493 e. The number of rotatable bonds is 6. The van der Waals surface area contributed by atoms with Gasteiger partial charge in [0.15, 0.2) is 11.5 Å². The molecular formula is C24H20BrN3O5. The van der Waals surface area contributed by atoms with Crippen molar-refractivity contribution < 1.29 is 23.9 Å². The lowest BCUT2D eigenvalue weighted by molar-refractivity contribution is -0.136. The molecule has 0 fully saturated rings. The maximum Gasteiger partial charge on any atom is 0.343 e. The molecule has 0 saturated heterocycles. The van der Waals surface area contributed by atoms with Gasteiger partial charge in [0, 0.05) is 10.2 Å². The van der Waals surface area contributed by atoms with Gasteiger partial charge < -0.3 is 14.8 Å².